The Morgan fingerprint density at radius 3 is 2.83 bits per heavy atom. The van der Waals surface area contributed by atoms with Gasteiger partial charge in [0.05, 0.1) is 0 Å². The van der Waals surface area contributed by atoms with Crippen LogP contribution in [0.5, 0.6) is 0 Å². The molecule has 1 heterocycles. The molecular formula is C9H10BNO. The Bertz CT molecular complexity index is 306. The monoisotopic (exact) mass is 159 g/mol. The van der Waals surface area contributed by atoms with Crippen LogP contribution in [0.15, 0.2) is 24.2 Å². The van der Waals surface area contributed by atoms with E-state index in [1.165, 1.54) is 6.92 Å². The zero-order chi connectivity index (χ0) is 8.97. The van der Waals surface area contributed by atoms with Crippen molar-refractivity contribution in [3.05, 3.63) is 29.9 Å². The Labute approximate surface area is 72.5 Å². The van der Waals surface area contributed by atoms with Crippen LogP contribution in [0.3, 0.4) is 0 Å². The van der Waals surface area contributed by atoms with Crippen LogP contribution in [-0.4, -0.2) is 17.7 Å². The maximum atomic E-state index is 10.7. The van der Waals surface area contributed by atoms with Gasteiger partial charge >= 0.3 is 71.8 Å². The molecule has 0 aromatic carbocycles. The Balaban J connectivity index is 2.93. The zero-order valence-electron chi connectivity index (χ0n) is 7.24. The SMILES string of the molecule is CC(=O)C=C(C)c1cbccn1. The molecule has 12 heavy (non-hydrogen) atoms. The molecule has 0 aliphatic rings. The predicted octanol–water partition coefficient (Wildman–Crippen LogP) is 1.41. The van der Waals surface area contributed by atoms with Crippen LogP contribution in [0.4, 0.5) is 0 Å². The van der Waals surface area contributed by atoms with Crippen molar-refractivity contribution in [1.82, 2.24) is 4.98 Å². The van der Waals surface area contributed by atoms with Crippen LogP contribution < -0.4 is 0 Å². The number of aromatic nitrogens is 1. The van der Waals surface area contributed by atoms with Crippen molar-refractivity contribution in [2.24, 2.45) is 0 Å². The minimum absolute atomic E-state index is 0.0538. The van der Waals surface area contributed by atoms with E-state index in [9.17, 15) is 4.79 Å². The summed E-state index contributed by atoms with van der Waals surface area (Å²) in [6.07, 6.45) is 3.30. The van der Waals surface area contributed by atoms with Gasteiger partial charge in [-0.15, -0.1) is 0 Å². The normalized spacial score (nSPS) is 11.0. The van der Waals surface area contributed by atoms with Crippen LogP contribution >= 0.6 is 0 Å². The summed E-state index contributed by atoms with van der Waals surface area (Å²) in [4.78, 5) is 14.8. The second-order valence-electron chi connectivity index (χ2n) is 2.65. The summed E-state index contributed by atoms with van der Waals surface area (Å²) in [5.41, 5.74) is 1.76. The number of carbonyl (C=O) groups excluding carboxylic acids is 1. The molecule has 0 saturated heterocycles. The van der Waals surface area contributed by atoms with Crippen molar-refractivity contribution < 1.29 is 4.79 Å². The molecule has 1 aromatic rings. The van der Waals surface area contributed by atoms with E-state index in [1.54, 1.807) is 12.3 Å². The second-order valence-corrected chi connectivity index (χ2v) is 2.65. The summed E-state index contributed by atoms with van der Waals surface area (Å²) in [5.74, 6) is 3.79. The Kier molecular flexibility index (Phi) is 2.91. The molecule has 0 saturated carbocycles. The molecule has 2 nitrogen and oxygen atoms in total. The van der Waals surface area contributed by atoms with Gasteiger partial charge in [-0.25, -0.2) is 0 Å². The molecule has 60 valence electrons. The molecule has 0 radical (unpaired) electrons. The Morgan fingerprint density at radius 2 is 2.33 bits per heavy atom. The van der Waals surface area contributed by atoms with Crippen molar-refractivity contribution in [2.75, 3.05) is 0 Å². The number of allylic oxidation sites excluding steroid dienone is 2. The summed E-state index contributed by atoms with van der Waals surface area (Å²) >= 11 is 0. The summed E-state index contributed by atoms with van der Waals surface area (Å²) in [5, 5.41) is 0. The number of rotatable bonds is 2. The molecule has 1 rings (SSSR count). The van der Waals surface area contributed by atoms with E-state index in [-0.39, 0.29) is 5.78 Å². The average Bonchev–Trinajstić information content (AvgIpc) is 2.05. The third kappa shape index (κ3) is 2.42. The van der Waals surface area contributed by atoms with Gasteiger partial charge in [-0.2, -0.15) is 0 Å². The average molecular weight is 159 g/mol. The van der Waals surface area contributed by atoms with E-state index >= 15 is 0 Å². The molecule has 0 aliphatic heterocycles. The van der Waals surface area contributed by atoms with E-state index < -0.39 is 0 Å². The summed E-state index contributed by atoms with van der Waals surface area (Å²) in [7, 11) is 0. The third-order valence-electron chi connectivity index (χ3n) is 1.49. The molecule has 1 aromatic heterocycles. The van der Waals surface area contributed by atoms with Crippen molar-refractivity contribution in [2.45, 2.75) is 13.8 Å². The van der Waals surface area contributed by atoms with E-state index in [2.05, 4.69) is 4.98 Å². The maximum absolute atomic E-state index is 10.7. The number of carbonyl (C=O) groups is 1. The fourth-order valence-corrected chi connectivity index (χ4v) is 0.975. The van der Waals surface area contributed by atoms with Crippen LogP contribution in [0, 0.1) is 0 Å². The zero-order valence-corrected chi connectivity index (χ0v) is 7.24. The summed E-state index contributed by atoms with van der Waals surface area (Å²) in [6, 6.07) is 0. The molecule has 0 fully saturated rings. The van der Waals surface area contributed by atoms with Gasteiger partial charge < -0.3 is 0 Å². The number of hydrogen-bond donors (Lipinski definition) is 0. The van der Waals surface area contributed by atoms with E-state index in [0.29, 0.717) is 0 Å². The molecule has 0 bridgehead atoms. The van der Waals surface area contributed by atoms with E-state index in [4.69, 9.17) is 0 Å². The Morgan fingerprint density at radius 1 is 1.58 bits per heavy atom. The van der Waals surface area contributed by atoms with Crippen LogP contribution in [0.2, 0.25) is 0 Å². The van der Waals surface area contributed by atoms with Gasteiger partial charge in [-0.05, 0) is 0 Å². The standard InChI is InChI=1S/C9H10BNO/c1-7(5-8(2)12)9-6-10-3-4-11-9/h3-6H,1-2H3. The molecule has 3 heteroatoms. The first-order valence-electron chi connectivity index (χ1n) is 3.80. The van der Waals surface area contributed by atoms with Gasteiger partial charge in [0.15, 0.2) is 0 Å². The fraction of sp³-hybridized carbons (Fsp3) is 0.222. The first-order chi connectivity index (χ1) is 5.70. The van der Waals surface area contributed by atoms with Crippen molar-refractivity contribution in [3.8, 4) is 0 Å². The fourth-order valence-electron chi connectivity index (χ4n) is 0.975. The Hall–Kier alpha value is -1.25. The quantitative estimate of drug-likeness (QED) is 0.610. The topological polar surface area (TPSA) is 30.0 Å². The summed E-state index contributed by atoms with van der Waals surface area (Å²) in [6.45, 7) is 5.32. The van der Waals surface area contributed by atoms with Gasteiger partial charge in [0.2, 0.25) is 0 Å². The molecule has 0 amide bonds. The number of nitrogens with zero attached hydrogens (tertiary/aromatic N) is 1. The van der Waals surface area contributed by atoms with Crippen molar-refractivity contribution in [3.63, 3.8) is 0 Å². The molecule has 0 N–H and O–H groups in total. The molecule has 0 unspecified atom stereocenters. The molecular weight excluding hydrogens is 149 g/mol. The van der Waals surface area contributed by atoms with Gasteiger partial charge in [0.1, 0.15) is 0 Å². The summed E-state index contributed by atoms with van der Waals surface area (Å²) < 4.78 is 0. The second kappa shape index (κ2) is 3.95. The first kappa shape index (κ1) is 8.85. The molecule has 0 aliphatic carbocycles. The van der Waals surface area contributed by atoms with Gasteiger partial charge in [-0.3, -0.25) is 0 Å². The minimum atomic E-state index is 0.0538. The molecule has 0 atom stereocenters. The van der Waals surface area contributed by atoms with Gasteiger partial charge in [-0.1, -0.05) is 0 Å². The van der Waals surface area contributed by atoms with E-state index in [1.807, 2.05) is 25.8 Å². The predicted molar refractivity (Wildman–Crippen MR) is 49.9 cm³/mol. The van der Waals surface area contributed by atoms with E-state index in [0.717, 1.165) is 11.3 Å². The van der Waals surface area contributed by atoms with Crippen molar-refractivity contribution >= 4 is 18.3 Å². The van der Waals surface area contributed by atoms with Gasteiger partial charge in [0, 0.05) is 0 Å². The third-order valence-corrected chi connectivity index (χ3v) is 1.49. The van der Waals surface area contributed by atoms with Crippen molar-refractivity contribution in [1.29, 1.82) is 0 Å². The number of hydrogen-bond acceptors (Lipinski definition) is 2. The first-order valence-corrected chi connectivity index (χ1v) is 3.80. The number of ketones is 1. The van der Waals surface area contributed by atoms with Gasteiger partial charge in [0.25, 0.3) is 0 Å². The van der Waals surface area contributed by atoms with Crippen LogP contribution in [0.1, 0.15) is 19.5 Å². The van der Waals surface area contributed by atoms with Crippen LogP contribution in [-0.2, 0) is 4.79 Å². The molecule has 0 spiro atoms. The van der Waals surface area contributed by atoms with Crippen LogP contribution in [0.25, 0.3) is 5.57 Å².